The third-order valence-corrected chi connectivity index (χ3v) is 11.4. The van der Waals surface area contributed by atoms with E-state index in [0.717, 1.165) is 18.2 Å². The summed E-state index contributed by atoms with van der Waals surface area (Å²) >= 11 is 6.27. The van der Waals surface area contributed by atoms with Crippen molar-refractivity contribution in [3.63, 3.8) is 0 Å². The Hall–Kier alpha value is -2.11. The quantitative estimate of drug-likeness (QED) is 0.432. The Morgan fingerprint density at radius 3 is 2.46 bits per heavy atom. The number of aliphatic hydroxyl groups is 3. The summed E-state index contributed by atoms with van der Waals surface area (Å²) in [6.45, 7) is 3.34. The van der Waals surface area contributed by atoms with Crippen molar-refractivity contribution in [1.82, 2.24) is 0 Å². The zero-order chi connectivity index (χ0) is 27.1. The maximum Gasteiger partial charge on any atom is 0.255 e. The second-order valence-corrected chi connectivity index (χ2v) is 13.5. The lowest BCUT2D eigenvalue weighted by Gasteiger charge is -2.75. The van der Waals surface area contributed by atoms with Crippen LogP contribution in [-0.4, -0.2) is 52.7 Å². The van der Waals surface area contributed by atoms with Crippen LogP contribution in [0.1, 0.15) is 43.5 Å². The predicted octanol–water partition coefficient (Wildman–Crippen LogP) is 3.55. The number of nitrogens with one attached hydrogen (secondary N) is 1. The van der Waals surface area contributed by atoms with Crippen LogP contribution in [0.15, 0.2) is 41.3 Å². The molecule has 37 heavy (non-hydrogen) atoms. The van der Waals surface area contributed by atoms with Crippen LogP contribution in [0.5, 0.6) is 0 Å². The highest BCUT2D eigenvalue weighted by atomic mass is 35.5. The molecule has 3 saturated carbocycles. The Morgan fingerprint density at radius 1 is 1.14 bits per heavy atom. The fourth-order valence-electron chi connectivity index (χ4n) is 7.49. The van der Waals surface area contributed by atoms with Crippen LogP contribution < -0.4 is 5.32 Å². The average Bonchev–Trinajstić information content (AvgIpc) is 3.20. The number of halogens is 3. The lowest BCUT2D eigenvalue weighted by Crippen LogP contribution is -2.80. The number of aliphatic hydroxyl groups excluding tert-OH is 2. The number of anilines is 1. The van der Waals surface area contributed by atoms with Crippen LogP contribution in [0.2, 0.25) is 5.02 Å². The molecule has 3 fully saturated rings. The number of carbonyl (C=O) groups is 1. The fourth-order valence-corrected chi connectivity index (χ4v) is 9.89. The molecule has 5 rings (SSSR count). The molecule has 0 bridgehead atoms. The van der Waals surface area contributed by atoms with Crippen LogP contribution >= 0.6 is 11.6 Å². The predicted molar refractivity (Wildman–Crippen MR) is 132 cm³/mol. The molecule has 11 heteroatoms. The molecule has 3 unspecified atom stereocenters. The maximum absolute atomic E-state index is 13.8. The van der Waals surface area contributed by atoms with Gasteiger partial charge in [0.2, 0.25) is 0 Å². The summed E-state index contributed by atoms with van der Waals surface area (Å²) in [5.41, 5.74) is -2.05. The average molecular weight is 556 g/mol. The van der Waals surface area contributed by atoms with Crippen molar-refractivity contribution in [2.24, 2.45) is 23.2 Å². The van der Waals surface area contributed by atoms with Gasteiger partial charge >= 0.3 is 0 Å². The molecule has 2 aromatic carbocycles. The van der Waals surface area contributed by atoms with Gasteiger partial charge in [-0.15, -0.1) is 0 Å². The first-order valence-electron chi connectivity index (χ1n) is 12.1. The molecule has 200 valence electrons. The first-order valence-corrected chi connectivity index (χ1v) is 14.0. The summed E-state index contributed by atoms with van der Waals surface area (Å²) < 4.78 is 54.2. The van der Waals surface area contributed by atoms with E-state index in [1.165, 1.54) is 25.1 Å². The first-order chi connectivity index (χ1) is 17.2. The van der Waals surface area contributed by atoms with Gasteiger partial charge in [0.05, 0.1) is 26.9 Å². The molecule has 4 N–H and O–H groups in total. The second-order valence-electron chi connectivity index (χ2n) is 10.9. The molecule has 7 nitrogen and oxygen atoms in total. The Labute approximate surface area is 218 Å². The molecule has 0 aromatic heterocycles. The molecule has 3 aliphatic rings. The largest absolute Gasteiger partial charge is 0.391 e. The van der Waals surface area contributed by atoms with Crippen molar-refractivity contribution in [3.8, 4) is 0 Å². The minimum atomic E-state index is -4.05. The van der Waals surface area contributed by atoms with E-state index in [1.807, 2.05) is 6.92 Å². The van der Waals surface area contributed by atoms with Gasteiger partial charge < -0.3 is 20.6 Å². The number of carbonyl (C=O) groups excluding carboxylic acids is 1. The number of benzene rings is 2. The molecule has 0 aliphatic heterocycles. The molecule has 3 aliphatic carbocycles. The standard InChI is InChI=1S/C26H28ClF2NO6S/c1-12-10-25-11-16(9-21(25)26(34,22(12)25)23(32)13(2)31)37(35,36)20-7-14(3-5-17(20)27)24(33)30-15-4-6-18(28)19(29)8-15/h3-8,12-13,16,21-23,31-32,34H,9-11H2,1-2H3,(H,30,33)/t12-,13+,16+,21?,22?,23+,25?,26+/m0/s1. The summed E-state index contributed by atoms with van der Waals surface area (Å²) in [6, 6.07) is 6.63. The summed E-state index contributed by atoms with van der Waals surface area (Å²) in [6.07, 6.45) is -1.48. The van der Waals surface area contributed by atoms with Gasteiger partial charge in [0.1, 0.15) is 6.10 Å². The van der Waals surface area contributed by atoms with Crippen LogP contribution in [0.25, 0.3) is 0 Å². The molecule has 2 aromatic rings. The van der Waals surface area contributed by atoms with Crippen molar-refractivity contribution < 1.29 is 37.3 Å². The van der Waals surface area contributed by atoms with E-state index in [1.54, 1.807) is 0 Å². The number of rotatable bonds is 6. The molecule has 0 radical (unpaired) electrons. The minimum Gasteiger partial charge on any atom is -0.391 e. The number of hydrogen-bond acceptors (Lipinski definition) is 6. The number of sulfone groups is 1. The van der Waals surface area contributed by atoms with E-state index in [2.05, 4.69) is 5.32 Å². The van der Waals surface area contributed by atoms with Gasteiger partial charge in [-0.05, 0) is 79.7 Å². The monoisotopic (exact) mass is 555 g/mol. The van der Waals surface area contributed by atoms with E-state index in [-0.39, 0.29) is 45.8 Å². The topological polar surface area (TPSA) is 124 Å². The van der Waals surface area contributed by atoms with Crippen molar-refractivity contribution in [3.05, 3.63) is 58.6 Å². The third kappa shape index (κ3) is 3.75. The Morgan fingerprint density at radius 2 is 1.84 bits per heavy atom. The van der Waals surface area contributed by atoms with Gasteiger partial charge in [-0.1, -0.05) is 18.5 Å². The lowest BCUT2D eigenvalue weighted by molar-refractivity contribution is -0.355. The van der Waals surface area contributed by atoms with Crippen molar-refractivity contribution >= 4 is 33.0 Å². The van der Waals surface area contributed by atoms with Gasteiger partial charge in [-0.3, -0.25) is 4.79 Å². The van der Waals surface area contributed by atoms with E-state index >= 15 is 0 Å². The molecular weight excluding hydrogens is 528 g/mol. The van der Waals surface area contributed by atoms with E-state index < -0.39 is 61.8 Å². The molecule has 0 heterocycles. The summed E-state index contributed by atoms with van der Waals surface area (Å²) in [5.74, 6) is -3.69. The van der Waals surface area contributed by atoms with Crippen molar-refractivity contribution in [2.75, 3.05) is 5.32 Å². The minimum absolute atomic E-state index is 0.00387. The summed E-state index contributed by atoms with van der Waals surface area (Å²) in [7, 11) is -4.05. The van der Waals surface area contributed by atoms with E-state index in [0.29, 0.717) is 6.42 Å². The SMILES string of the molecule is C[C@H]1CC23C[C@H](S(=O)(=O)c4cc(C(=O)Nc5ccc(F)c(F)c5)ccc4Cl)CC2[C@](O)([C@H](O)[C@@H](C)O)C13. The lowest BCUT2D eigenvalue weighted by atomic mass is 9.32. The first kappa shape index (κ1) is 26.5. The molecular formula is C26H28ClF2NO6S. The Balaban J connectivity index is 1.42. The van der Waals surface area contributed by atoms with Gasteiger partial charge in [-0.2, -0.15) is 0 Å². The smallest absolute Gasteiger partial charge is 0.255 e. The molecule has 0 saturated heterocycles. The summed E-state index contributed by atoms with van der Waals surface area (Å²) in [5, 5.41) is 33.5. The fraction of sp³-hybridized carbons (Fsp3) is 0.500. The summed E-state index contributed by atoms with van der Waals surface area (Å²) in [4.78, 5) is 12.5. The molecule has 8 atom stereocenters. The van der Waals surface area contributed by atoms with Gasteiger partial charge in [-0.25, -0.2) is 17.2 Å². The zero-order valence-electron chi connectivity index (χ0n) is 20.2. The number of amides is 1. The van der Waals surface area contributed by atoms with Crippen LogP contribution in [0, 0.1) is 34.8 Å². The van der Waals surface area contributed by atoms with Crippen LogP contribution in [0.3, 0.4) is 0 Å². The number of hydrogen-bond donors (Lipinski definition) is 4. The zero-order valence-corrected chi connectivity index (χ0v) is 21.7. The van der Waals surface area contributed by atoms with Gasteiger partial charge in [0, 0.05) is 17.3 Å². The molecule has 1 spiro atoms. The highest BCUT2D eigenvalue weighted by Crippen LogP contribution is 2.79. The highest BCUT2D eigenvalue weighted by Gasteiger charge is 2.81. The Bertz CT molecular complexity index is 1390. The third-order valence-electron chi connectivity index (χ3n) is 8.79. The normalized spacial score (nSPS) is 33.9. The van der Waals surface area contributed by atoms with Crippen molar-refractivity contribution in [1.29, 1.82) is 0 Å². The van der Waals surface area contributed by atoms with Gasteiger partial charge in [0.15, 0.2) is 21.5 Å². The van der Waals surface area contributed by atoms with Gasteiger partial charge in [0.25, 0.3) is 5.91 Å². The molecule has 1 amide bonds. The second kappa shape index (κ2) is 8.71. The van der Waals surface area contributed by atoms with E-state index in [4.69, 9.17) is 11.6 Å². The van der Waals surface area contributed by atoms with Crippen LogP contribution in [-0.2, 0) is 9.84 Å². The van der Waals surface area contributed by atoms with Crippen molar-refractivity contribution in [2.45, 2.75) is 61.1 Å². The van der Waals surface area contributed by atoms with E-state index in [9.17, 15) is 37.3 Å². The maximum atomic E-state index is 13.8. The highest BCUT2D eigenvalue weighted by molar-refractivity contribution is 7.92. The van der Waals surface area contributed by atoms with Crippen LogP contribution in [0.4, 0.5) is 14.5 Å². The Kier molecular flexibility index (Phi) is 6.23.